The maximum Gasteiger partial charge on any atom is 0.252 e. The van der Waals surface area contributed by atoms with Crippen molar-refractivity contribution >= 4 is 11.6 Å². The highest BCUT2D eigenvalue weighted by atomic mass is 16.3. The summed E-state index contributed by atoms with van der Waals surface area (Å²) in [6.07, 6.45) is 0.128. The monoisotopic (exact) mass is 357 g/mol. The van der Waals surface area contributed by atoms with Gasteiger partial charge in [0.1, 0.15) is 5.75 Å². The maximum atomic E-state index is 11.3. The highest BCUT2D eigenvalue weighted by Gasteiger charge is 2.14. The Labute approximate surface area is 154 Å². The topological polar surface area (TPSA) is 98.8 Å². The molecular formula is C20H27N3O3. The molecule has 2 rings (SSSR count). The minimum atomic E-state index is -0.789. The summed E-state index contributed by atoms with van der Waals surface area (Å²) < 4.78 is 0. The number of phenols is 1. The van der Waals surface area contributed by atoms with Gasteiger partial charge >= 0.3 is 0 Å². The summed E-state index contributed by atoms with van der Waals surface area (Å²) in [5, 5.41) is 23.2. The molecule has 0 aliphatic carbocycles. The molecule has 0 spiro atoms. The number of rotatable bonds is 9. The van der Waals surface area contributed by atoms with E-state index in [9.17, 15) is 15.0 Å². The number of benzene rings is 2. The Morgan fingerprint density at radius 3 is 2.58 bits per heavy atom. The number of hydrogen-bond donors (Lipinski definition) is 4. The lowest BCUT2D eigenvalue weighted by Gasteiger charge is -2.23. The quantitative estimate of drug-likeness (QED) is 0.550. The highest BCUT2D eigenvalue weighted by molar-refractivity contribution is 5.95. The molecule has 0 aliphatic rings. The van der Waals surface area contributed by atoms with E-state index >= 15 is 0 Å². The van der Waals surface area contributed by atoms with Crippen LogP contribution in [0.5, 0.6) is 5.75 Å². The van der Waals surface area contributed by atoms with E-state index in [0.717, 1.165) is 13.0 Å². The van der Waals surface area contributed by atoms with E-state index in [1.54, 1.807) is 6.07 Å². The molecule has 0 aliphatic heterocycles. The first-order valence-corrected chi connectivity index (χ1v) is 8.69. The Bertz CT molecular complexity index is 721. The summed E-state index contributed by atoms with van der Waals surface area (Å²) in [4.78, 5) is 13.5. The van der Waals surface area contributed by atoms with E-state index in [-0.39, 0.29) is 17.4 Å². The fourth-order valence-electron chi connectivity index (χ4n) is 2.69. The Morgan fingerprint density at radius 2 is 1.92 bits per heavy atom. The predicted molar refractivity (Wildman–Crippen MR) is 103 cm³/mol. The van der Waals surface area contributed by atoms with Crippen molar-refractivity contribution in [3.05, 3.63) is 59.7 Å². The lowest BCUT2D eigenvalue weighted by atomic mass is 10.0. The average molecular weight is 357 g/mol. The number of carbonyl (C=O) groups excluding carboxylic acids is 1. The molecule has 0 bridgehead atoms. The van der Waals surface area contributed by atoms with Crippen molar-refractivity contribution in [3.63, 3.8) is 0 Å². The van der Waals surface area contributed by atoms with Gasteiger partial charge in [-0.05, 0) is 43.2 Å². The predicted octanol–water partition coefficient (Wildman–Crippen LogP) is 2.03. The van der Waals surface area contributed by atoms with Gasteiger partial charge in [-0.1, -0.05) is 24.3 Å². The second-order valence-corrected chi connectivity index (χ2v) is 6.51. The van der Waals surface area contributed by atoms with Gasteiger partial charge in [-0.25, -0.2) is 0 Å². The number of aromatic hydroxyl groups is 1. The van der Waals surface area contributed by atoms with Gasteiger partial charge in [0.15, 0.2) is 0 Å². The van der Waals surface area contributed by atoms with Crippen molar-refractivity contribution in [3.8, 4) is 5.75 Å². The van der Waals surface area contributed by atoms with Gasteiger partial charge in [-0.15, -0.1) is 0 Å². The standard InChI is InChI=1S/C20H27N3O3/c1-14(10-11-23(2)16-6-4-3-5-7-16)22-13-19(25)15-8-9-18(24)17(12-15)20(21)26/h3-9,12,14,19,22,24-25H,10-11,13H2,1-2H3,(H2,21,26). The molecule has 0 saturated heterocycles. The van der Waals surface area contributed by atoms with Gasteiger partial charge in [-0.3, -0.25) is 4.79 Å². The number of aliphatic hydroxyl groups is 1. The number of nitrogens with zero attached hydrogens (tertiary/aromatic N) is 1. The van der Waals surface area contributed by atoms with Crippen LogP contribution in [0.4, 0.5) is 5.69 Å². The van der Waals surface area contributed by atoms with Gasteiger partial charge in [0.25, 0.3) is 5.91 Å². The number of anilines is 1. The third kappa shape index (κ3) is 5.47. The first kappa shape index (κ1) is 19.8. The van der Waals surface area contributed by atoms with E-state index in [2.05, 4.69) is 36.3 Å². The summed E-state index contributed by atoms with van der Waals surface area (Å²) in [7, 11) is 2.05. The maximum absolute atomic E-state index is 11.3. The number of aliphatic hydroxyl groups excluding tert-OH is 1. The third-order valence-corrected chi connectivity index (χ3v) is 4.42. The summed E-state index contributed by atoms with van der Waals surface area (Å²) in [5.41, 5.74) is 6.94. The Morgan fingerprint density at radius 1 is 1.23 bits per heavy atom. The Kier molecular flexibility index (Phi) is 7.00. The largest absolute Gasteiger partial charge is 0.507 e. The average Bonchev–Trinajstić information content (AvgIpc) is 2.64. The Hall–Kier alpha value is -2.57. The Balaban J connectivity index is 1.82. The zero-order chi connectivity index (χ0) is 19.1. The van der Waals surface area contributed by atoms with Crippen LogP contribution in [-0.2, 0) is 0 Å². The number of amides is 1. The molecule has 2 atom stereocenters. The van der Waals surface area contributed by atoms with Crippen molar-refractivity contribution in [1.82, 2.24) is 5.32 Å². The van der Waals surface area contributed by atoms with Gasteiger partial charge in [0, 0.05) is 31.9 Å². The van der Waals surface area contributed by atoms with Crippen molar-refractivity contribution in [2.45, 2.75) is 25.5 Å². The van der Waals surface area contributed by atoms with Crippen LogP contribution in [-0.4, -0.2) is 42.3 Å². The van der Waals surface area contributed by atoms with E-state index in [1.165, 1.54) is 17.8 Å². The summed E-state index contributed by atoms with van der Waals surface area (Å²) in [6, 6.07) is 14.8. The molecule has 0 heterocycles. The highest BCUT2D eigenvalue weighted by Crippen LogP contribution is 2.22. The van der Waals surface area contributed by atoms with Gasteiger partial charge in [0.05, 0.1) is 11.7 Å². The van der Waals surface area contributed by atoms with Crippen LogP contribution in [0.1, 0.15) is 35.4 Å². The zero-order valence-corrected chi connectivity index (χ0v) is 15.2. The van der Waals surface area contributed by atoms with E-state index in [1.807, 2.05) is 18.2 Å². The van der Waals surface area contributed by atoms with Crippen molar-refractivity contribution in [2.75, 3.05) is 25.0 Å². The summed E-state index contributed by atoms with van der Waals surface area (Å²) in [5.74, 6) is -0.902. The normalized spacial score (nSPS) is 13.2. The lowest BCUT2D eigenvalue weighted by molar-refractivity contribution is 0.0997. The molecule has 140 valence electrons. The second kappa shape index (κ2) is 9.22. The minimum Gasteiger partial charge on any atom is -0.507 e. The van der Waals surface area contributed by atoms with Gasteiger partial charge in [-0.2, -0.15) is 0 Å². The fraction of sp³-hybridized carbons (Fsp3) is 0.350. The third-order valence-electron chi connectivity index (χ3n) is 4.42. The van der Waals surface area contributed by atoms with Crippen LogP contribution < -0.4 is 16.0 Å². The SMILES string of the molecule is CC(CCN(C)c1ccccc1)NCC(O)c1ccc(O)c(C(N)=O)c1. The first-order chi connectivity index (χ1) is 12.4. The molecule has 2 unspecified atom stereocenters. The van der Waals surface area contributed by atoms with E-state index < -0.39 is 12.0 Å². The van der Waals surface area contributed by atoms with E-state index in [0.29, 0.717) is 12.1 Å². The number of nitrogens with one attached hydrogen (secondary N) is 1. The summed E-state index contributed by atoms with van der Waals surface area (Å²) >= 11 is 0. The van der Waals surface area contributed by atoms with Crippen LogP contribution >= 0.6 is 0 Å². The number of carbonyl (C=O) groups is 1. The molecule has 2 aromatic rings. The number of nitrogens with two attached hydrogens (primary N) is 1. The molecule has 5 N–H and O–H groups in total. The molecule has 0 saturated carbocycles. The van der Waals surface area contributed by atoms with Gasteiger partial charge < -0.3 is 26.2 Å². The molecule has 6 nitrogen and oxygen atoms in total. The molecule has 1 amide bonds. The van der Waals surface area contributed by atoms with Crippen molar-refractivity contribution in [2.24, 2.45) is 5.73 Å². The van der Waals surface area contributed by atoms with Crippen molar-refractivity contribution < 1.29 is 15.0 Å². The number of hydrogen-bond acceptors (Lipinski definition) is 5. The van der Waals surface area contributed by atoms with Crippen LogP contribution in [0.2, 0.25) is 0 Å². The molecule has 0 radical (unpaired) electrons. The van der Waals surface area contributed by atoms with Crippen molar-refractivity contribution in [1.29, 1.82) is 0 Å². The second-order valence-electron chi connectivity index (χ2n) is 6.51. The van der Waals surface area contributed by atoms with E-state index in [4.69, 9.17) is 5.73 Å². The number of para-hydroxylation sites is 1. The molecule has 26 heavy (non-hydrogen) atoms. The smallest absolute Gasteiger partial charge is 0.252 e. The van der Waals surface area contributed by atoms with Crippen LogP contribution in [0.25, 0.3) is 0 Å². The number of primary amides is 1. The first-order valence-electron chi connectivity index (χ1n) is 8.69. The van der Waals surface area contributed by atoms with Crippen LogP contribution in [0.15, 0.2) is 48.5 Å². The lowest BCUT2D eigenvalue weighted by Crippen LogP contribution is -2.33. The molecule has 2 aromatic carbocycles. The zero-order valence-electron chi connectivity index (χ0n) is 15.2. The molecular weight excluding hydrogens is 330 g/mol. The minimum absolute atomic E-state index is 0.0130. The fourth-order valence-corrected chi connectivity index (χ4v) is 2.69. The molecule has 0 aromatic heterocycles. The molecule has 6 heteroatoms. The molecule has 0 fully saturated rings. The van der Waals surface area contributed by atoms with Crippen LogP contribution in [0, 0.1) is 0 Å². The van der Waals surface area contributed by atoms with Crippen LogP contribution in [0.3, 0.4) is 0 Å². The summed E-state index contributed by atoms with van der Waals surface area (Å²) in [6.45, 7) is 3.30. The van der Waals surface area contributed by atoms with Gasteiger partial charge in [0.2, 0.25) is 0 Å².